The molecule has 138 valence electrons. The second-order valence-corrected chi connectivity index (χ2v) is 6.95. The monoisotopic (exact) mass is 354 g/mol. The Bertz CT molecular complexity index is 687. The third-order valence-electron chi connectivity index (χ3n) is 4.91. The number of amides is 1. The second kappa shape index (κ2) is 8.87. The van der Waals surface area contributed by atoms with Gasteiger partial charge in [0.15, 0.2) is 0 Å². The van der Waals surface area contributed by atoms with E-state index >= 15 is 0 Å². The highest BCUT2D eigenvalue weighted by atomic mass is 16.3. The maximum atomic E-state index is 12.5. The van der Waals surface area contributed by atoms with Gasteiger partial charge in [-0.3, -0.25) is 19.7 Å². The number of rotatable bonds is 6. The fourth-order valence-corrected chi connectivity index (χ4v) is 3.45. The van der Waals surface area contributed by atoms with Crippen LogP contribution >= 0.6 is 0 Å². The van der Waals surface area contributed by atoms with Crippen molar-refractivity contribution in [3.63, 3.8) is 0 Å². The van der Waals surface area contributed by atoms with Gasteiger partial charge >= 0.3 is 0 Å². The summed E-state index contributed by atoms with van der Waals surface area (Å²) in [6.45, 7) is 2.47. The summed E-state index contributed by atoms with van der Waals surface area (Å²) in [5, 5.41) is 10.5. The molecule has 6 heteroatoms. The summed E-state index contributed by atoms with van der Waals surface area (Å²) in [5.41, 5.74) is 1.81. The number of carbonyl (C=O) groups is 1. The highest BCUT2D eigenvalue weighted by Crippen LogP contribution is 2.29. The molecule has 1 aliphatic heterocycles. The van der Waals surface area contributed by atoms with Gasteiger partial charge in [-0.1, -0.05) is 12.1 Å². The molecule has 26 heavy (non-hydrogen) atoms. The van der Waals surface area contributed by atoms with Gasteiger partial charge < -0.3 is 10.0 Å². The average Bonchev–Trinajstić information content (AvgIpc) is 2.69. The molecule has 2 aromatic heterocycles. The predicted octanol–water partition coefficient (Wildman–Crippen LogP) is 1.88. The van der Waals surface area contributed by atoms with Gasteiger partial charge in [0.05, 0.1) is 18.3 Å². The van der Waals surface area contributed by atoms with E-state index in [1.165, 1.54) is 0 Å². The maximum Gasteiger partial charge on any atom is 0.236 e. The zero-order chi connectivity index (χ0) is 18.4. The minimum Gasteiger partial charge on any atom is -0.387 e. The molecule has 3 rings (SSSR count). The third-order valence-corrected chi connectivity index (χ3v) is 4.91. The molecule has 0 spiro atoms. The molecule has 0 aliphatic carbocycles. The number of likely N-dealkylation sites (N-methyl/N-ethyl adjacent to an activating group) is 1. The topological polar surface area (TPSA) is 69.6 Å². The number of hydrogen-bond acceptors (Lipinski definition) is 5. The fourth-order valence-electron chi connectivity index (χ4n) is 3.45. The maximum absolute atomic E-state index is 12.5. The molecule has 0 saturated carbocycles. The summed E-state index contributed by atoms with van der Waals surface area (Å²) >= 11 is 0. The highest BCUT2D eigenvalue weighted by molar-refractivity contribution is 5.78. The lowest BCUT2D eigenvalue weighted by atomic mass is 9.89. The van der Waals surface area contributed by atoms with Crippen LogP contribution in [0.3, 0.4) is 0 Å². The molecule has 0 unspecified atom stereocenters. The van der Waals surface area contributed by atoms with Crippen molar-refractivity contribution in [2.45, 2.75) is 25.5 Å². The van der Waals surface area contributed by atoms with Crippen LogP contribution in [0.1, 0.15) is 30.2 Å². The fraction of sp³-hybridized carbons (Fsp3) is 0.450. The lowest BCUT2D eigenvalue weighted by Crippen LogP contribution is -2.44. The number of carbonyl (C=O) groups excluding carboxylic acids is 1. The van der Waals surface area contributed by atoms with E-state index < -0.39 is 6.10 Å². The van der Waals surface area contributed by atoms with Crippen molar-refractivity contribution in [2.75, 3.05) is 26.7 Å². The largest absolute Gasteiger partial charge is 0.387 e. The molecular formula is C20H26N4O2. The standard InChI is InChI=1S/C20H26N4O2/c1-23(14-16-5-4-9-21-13-16)15-19(25)24-11-7-17(8-12-24)20(26)18-6-2-3-10-22-18/h2-6,9-10,13,17,20,26H,7-8,11-12,14-15H2,1H3/t20-/m1/s1. The first-order valence-corrected chi connectivity index (χ1v) is 9.07. The van der Waals surface area contributed by atoms with Gasteiger partial charge in [0.2, 0.25) is 5.91 Å². The van der Waals surface area contributed by atoms with Crippen LogP contribution in [0.2, 0.25) is 0 Å². The van der Waals surface area contributed by atoms with Crippen molar-refractivity contribution < 1.29 is 9.90 Å². The van der Waals surface area contributed by atoms with E-state index in [-0.39, 0.29) is 11.8 Å². The first kappa shape index (κ1) is 18.5. The van der Waals surface area contributed by atoms with E-state index in [1.807, 2.05) is 53.4 Å². The first-order valence-electron chi connectivity index (χ1n) is 9.07. The van der Waals surface area contributed by atoms with Crippen molar-refractivity contribution in [1.82, 2.24) is 19.8 Å². The number of hydrogen-bond donors (Lipinski definition) is 1. The van der Waals surface area contributed by atoms with E-state index in [2.05, 4.69) is 9.97 Å². The van der Waals surface area contributed by atoms with Gasteiger partial charge in [-0.25, -0.2) is 0 Å². The Kier molecular flexibility index (Phi) is 6.30. The minimum atomic E-state index is -0.554. The number of nitrogens with zero attached hydrogens (tertiary/aromatic N) is 4. The van der Waals surface area contributed by atoms with Crippen LogP contribution in [0.4, 0.5) is 0 Å². The molecule has 1 fully saturated rings. The Morgan fingerprint density at radius 3 is 2.73 bits per heavy atom. The number of aliphatic hydroxyl groups is 1. The van der Waals surface area contributed by atoms with Gasteiger partial charge in [0, 0.05) is 38.2 Å². The zero-order valence-electron chi connectivity index (χ0n) is 15.2. The molecule has 0 bridgehead atoms. The van der Waals surface area contributed by atoms with Gasteiger partial charge in [0.25, 0.3) is 0 Å². The normalized spacial score (nSPS) is 16.7. The molecule has 1 atom stereocenters. The summed E-state index contributed by atoms with van der Waals surface area (Å²) in [4.78, 5) is 24.8. The first-order chi connectivity index (χ1) is 12.6. The van der Waals surface area contributed by atoms with Crippen molar-refractivity contribution in [3.05, 3.63) is 60.2 Å². The van der Waals surface area contributed by atoms with Crippen molar-refractivity contribution in [1.29, 1.82) is 0 Å². The third kappa shape index (κ3) is 4.86. The predicted molar refractivity (Wildman–Crippen MR) is 99.1 cm³/mol. The molecule has 1 amide bonds. The lowest BCUT2D eigenvalue weighted by Gasteiger charge is -2.34. The molecule has 1 saturated heterocycles. The summed E-state index contributed by atoms with van der Waals surface area (Å²) < 4.78 is 0. The van der Waals surface area contributed by atoms with Gasteiger partial charge in [-0.15, -0.1) is 0 Å². The summed E-state index contributed by atoms with van der Waals surface area (Å²) in [5.74, 6) is 0.296. The summed E-state index contributed by atoms with van der Waals surface area (Å²) in [7, 11) is 1.95. The van der Waals surface area contributed by atoms with E-state index in [0.717, 1.165) is 18.4 Å². The molecule has 0 radical (unpaired) electrons. The number of piperidine rings is 1. The SMILES string of the molecule is CN(CC(=O)N1CCC([C@@H](O)c2ccccn2)CC1)Cc1cccnc1. The molecule has 0 aromatic carbocycles. The van der Waals surface area contributed by atoms with Crippen LogP contribution in [0.25, 0.3) is 0 Å². The van der Waals surface area contributed by atoms with E-state index in [9.17, 15) is 9.90 Å². The zero-order valence-corrected chi connectivity index (χ0v) is 15.2. The molecule has 2 aromatic rings. The van der Waals surface area contributed by atoms with Crippen molar-refractivity contribution >= 4 is 5.91 Å². The molecule has 1 aliphatic rings. The number of likely N-dealkylation sites (tertiary alicyclic amines) is 1. The molecular weight excluding hydrogens is 328 g/mol. The summed E-state index contributed by atoms with van der Waals surface area (Å²) in [6.07, 6.45) is 6.33. The second-order valence-electron chi connectivity index (χ2n) is 6.95. The van der Waals surface area contributed by atoms with Crippen molar-refractivity contribution in [2.24, 2.45) is 5.92 Å². The Morgan fingerprint density at radius 1 is 1.27 bits per heavy atom. The Morgan fingerprint density at radius 2 is 2.08 bits per heavy atom. The number of aromatic nitrogens is 2. The smallest absolute Gasteiger partial charge is 0.236 e. The quantitative estimate of drug-likeness (QED) is 0.858. The highest BCUT2D eigenvalue weighted by Gasteiger charge is 2.29. The van der Waals surface area contributed by atoms with E-state index in [0.29, 0.717) is 31.9 Å². The Balaban J connectivity index is 1.46. The van der Waals surface area contributed by atoms with Gasteiger partial charge in [-0.2, -0.15) is 0 Å². The van der Waals surface area contributed by atoms with Crippen LogP contribution in [0, 0.1) is 5.92 Å². The van der Waals surface area contributed by atoms with Crippen LogP contribution in [0.5, 0.6) is 0 Å². The van der Waals surface area contributed by atoms with E-state index in [1.54, 1.807) is 12.4 Å². The molecule has 6 nitrogen and oxygen atoms in total. The van der Waals surface area contributed by atoms with Crippen LogP contribution in [0.15, 0.2) is 48.9 Å². The minimum absolute atomic E-state index is 0.141. The Labute approximate surface area is 154 Å². The van der Waals surface area contributed by atoms with Crippen LogP contribution in [-0.4, -0.2) is 57.5 Å². The Hall–Kier alpha value is -2.31. The van der Waals surface area contributed by atoms with Crippen LogP contribution in [-0.2, 0) is 11.3 Å². The number of pyridine rings is 2. The van der Waals surface area contributed by atoms with E-state index in [4.69, 9.17) is 0 Å². The van der Waals surface area contributed by atoms with Crippen molar-refractivity contribution in [3.8, 4) is 0 Å². The van der Waals surface area contributed by atoms with Crippen LogP contribution < -0.4 is 0 Å². The van der Waals surface area contributed by atoms with Gasteiger partial charge in [-0.05, 0) is 49.6 Å². The molecule has 1 N–H and O–H groups in total. The lowest BCUT2D eigenvalue weighted by molar-refractivity contribution is -0.134. The summed E-state index contributed by atoms with van der Waals surface area (Å²) in [6, 6.07) is 9.51. The number of aliphatic hydroxyl groups excluding tert-OH is 1. The van der Waals surface area contributed by atoms with Gasteiger partial charge in [0.1, 0.15) is 0 Å². The average molecular weight is 354 g/mol. The molecule has 3 heterocycles.